The number of urea groups is 1. The lowest BCUT2D eigenvalue weighted by Crippen LogP contribution is -2.37. The van der Waals surface area contributed by atoms with Gasteiger partial charge in [0.15, 0.2) is 0 Å². The molecule has 1 aromatic carbocycles. The number of benzene rings is 1. The molecular formula is C14H20N2O4. The highest BCUT2D eigenvalue weighted by atomic mass is 16.5. The first-order valence-electron chi connectivity index (χ1n) is 6.29. The molecule has 1 unspecified atom stereocenters. The van der Waals surface area contributed by atoms with Crippen LogP contribution in [0.15, 0.2) is 18.2 Å². The molecule has 1 atom stereocenters. The van der Waals surface area contributed by atoms with Crippen LogP contribution in [0, 0.1) is 13.8 Å². The highest BCUT2D eigenvalue weighted by molar-refractivity contribution is 5.89. The van der Waals surface area contributed by atoms with Gasteiger partial charge in [-0.25, -0.2) is 4.79 Å². The van der Waals surface area contributed by atoms with E-state index in [9.17, 15) is 9.59 Å². The number of aryl methyl sites for hydroxylation is 2. The molecule has 0 radical (unpaired) electrons. The number of amides is 2. The number of carbonyl (C=O) groups excluding carboxylic acids is 1. The summed E-state index contributed by atoms with van der Waals surface area (Å²) in [7, 11) is 1.41. The number of methoxy groups -OCH3 is 1. The van der Waals surface area contributed by atoms with E-state index in [1.54, 1.807) is 0 Å². The van der Waals surface area contributed by atoms with Gasteiger partial charge in [-0.15, -0.1) is 0 Å². The third kappa shape index (κ3) is 5.27. The van der Waals surface area contributed by atoms with Crippen LogP contribution in [0.5, 0.6) is 0 Å². The van der Waals surface area contributed by atoms with Crippen molar-refractivity contribution in [1.29, 1.82) is 0 Å². The van der Waals surface area contributed by atoms with E-state index in [1.807, 2.05) is 32.0 Å². The van der Waals surface area contributed by atoms with E-state index >= 15 is 0 Å². The Kier molecular flexibility index (Phi) is 5.99. The van der Waals surface area contributed by atoms with Gasteiger partial charge in [-0.3, -0.25) is 4.79 Å². The fraction of sp³-hybridized carbons (Fsp3) is 0.429. The van der Waals surface area contributed by atoms with Crippen LogP contribution in [0.4, 0.5) is 10.5 Å². The fourth-order valence-electron chi connectivity index (χ4n) is 1.63. The Morgan fingerprint density at radius 1 is 1.30 bits per heavy atom. The maximum Gasteiger partial charge on any atom is 0.319 e. The van der Waals surface area contributed by atoms with Crippen molar-refractivity contribution in [3.63, 3.8) is 0 Å². The number of carboxylic acids is 1. The van der Waals surface area contributed by atoms with Gasteiger partial charge in [0.05, 0.1) is 12.5 Å². The molecular weight excluding hydrogens is 260 g/mol. The Bertz CT molecular complexity index is 488. The summed E-state index contributed by atoms with van der Waals surface area (Å²) in [4.78, 5) is 22.3. The Morgan fingerprint density at radius 3 is 2.55 bits per heavy atom. The van der Waals surface area contributed by atoms with E-state index in [0.29, 0.717) is 5.69 Å². The lowest BCUT2D eigenvalue weighted by Gasteiger charge is -2.14. The molecule has 3 N–H and O–H groups in total. The normalized spacial score (nSPS) is 11.8. The molecule has 0 fully saturated rings. The average molecular weight is 280 g/mol. The quantitative estimate of drug-likeness (QED) is 0.743. The third-order valence-corrected chi connectivity index (χ3v) is 2.99. The van der Waals surface area contributed by atoms with Crippen molar-refractivity contribution in [2.24, 2.45) is 0 Å². The standard InChI is InChI=1S/C14H20N2O4/c1-9-4-5-11(6-10(9)2)16-14(19)15-8-12(20-3)7-13(17)18/h4-6,12H,7-8H2,1-3H3,(H,17,18)(H2,15,16,19). The monoisotopic (exact) mass is 280 g/mol. The van der Waals surface area contributed by atoms with Gasteiger partial charge in [0.1, 0.15) is 0 Å². The molecule has 20 heavy (non-hydrogen) atoms. The van der Waals surface area contributed by atoms with Crippen molar-refractivity contribution in [3.05, 3.63) is 29.3 Å². The second kappa shape index (κ2) is 7.49. The molecule has 0 spiro atoms. The highest BCUT2D eigenvalue weighted by Gasteiger charge is 2.13. The molecule has 0 aliphatic heterocycles. The molecule has 0 bridgehead atoms. The summed E-state index contributed by atoms with van der Waals surface area (Å²) in [6.45, 7) is 4.10. The van der Waals surface area contributed by atoms with Gasteiger partial charge in [-0.2, -0.15) is 0 Å². The number of hydrogen-bond donors (Lipinski definition) is 3. The molecule has 1 rings (SSSR count). The van der Waals surface area contributed by atoms with Crippen LogP contribution in [-0.2, 0) is 9.53 Å². The topological polar surface area (TPSA) is 87.7 Å². The van der Waals surface area contributed by atoms with E-state index < -0.39 is 12.1 Å². The maximum atomic E-state index is 11.7. The zero-order chi connectivity index (χ0) is 15.1. The summed E-state index contributed by atoms with van der Waals surface area (Å²) < 4.78 is 4.97. The molecule has 0 aliphatic rings. The van der Waals surface area contributed by atoms with Crippen LogP contribution < -0.4 is 10.6 Å². The van der Waals surface area contributed by atoms with E-state index in [4.69, 9.17) is 9.84 Å². The van der Waals surface area contributed by atoms with Gasteiger partial charge in [0, 0.05) is 19.3 Å². The van der Waals surface area contributed by atoms with Gasteiger partial charge >= 0.3 is 12.0 Å². The minimum absolute atomic E-state index is 0.138. The molecule has 0 aliphatic carbocycles. The fourth-order valence-corrected chi connectivity index (χ4v) is 1.63. The van der Waals surface area contributed by atoms with Crippen LogP contribution in [0.1, 0.15) is 17.5 Å². The first-order valence-corrected chi connectivity index (χ1v) is 6.29. The largest absolute Gasteiger partial charge is 0.481 e. The van der Waals surface area contributed by atoms with Crippen molar-refractivity contribution in [2.45, 2.75) is 26.4 Å². The predicted molar refractivity (Wildman–Crippen MR) is 76.0 cm³/mol. The second-order valence-electron chi connectivity index (χ2n) is 4.59. The second-order valence-corrected chi connectivity index (χ2v) is 4.59. The minimum Gasteiger partial charge on any atom is -0.481 e. The first kappa shape index (κ1) is 16.0. The van der Waals surface area contributed by atoms with E-state index in [0.717, 1.165) is 11.1 Å². The molecule has 0 heterocycles. The summed E-state index contributed by atoms with van der Waals surface area (Å²) in [6, 6.07) is 5.22. The zero-order valence-electron chi connectivity index (χ0n) is 11.9. The number of carbonyl (C=O) groups is 2. The Hall–Kier alpha value is -2.08. The van der Waals surface area contributed by atoms with Gasteiger partial charge in [-0.1, -0.05) is 6.07 Å². The van der Waals surface area contributed by atoms with E-state index in [1.165, 1.54) is 7.11 Å². The SMILES string of the molecule is COC(CNC(=O)Nc1ccc(C)c(C)c1)CC(=O)O. The Morgan fingerprint density at radius 2 is 2.00 bits per heavy atom. The van der Waals surface area contributed by atoms with Gasteiger partial charge in [0.2, 0.25) is 0 Å². The van der Waals surface area contributed by atoms with Crippen LogP contribution in [0.3, 0.4) is 0 Å². The molecule has 0 saturated heterocycles. The zero-order valence-corrected chi connectivity index (χ0v) is 11.9. The number of rotatable bonds is 6. The van der Waals surface area contributed by atoms with Crippen molar-refractivity contribution < 1.29 is 19.4 Å². The summed E-state index contributed by atoms with van der Waals surface area (Å²) in [5.74, 6) is -0.965. The third-order valence-electron chi connectivity index (χ3n) is 2.99. The van der Waals surface area contributed by atoms with Crippen LogP contribution in [-0.4, -0.2) is 36.9 Å². The maximum absolute atomic E-state index is 11.7. The Labute approximate surface area is 118 Å². The molecule has 110 valence electrons. The minimum atomic E-state index is -0.965. The van der Waals surface area contributed by atoms with Gasteiger partial charge in [-0.05, 0) is 37.1 Å². The van der Waals surface area contributed by atoms with Crippen molar-refractivity contribution >= 4 is 17.7 Å². The molecule has 1 aromatic rings. The number of nitrogens with one attached hydrogen (secondary N) is 2. The first-order chi connectivity index (χ1) is 9.42. The number of anilines is 1. The van der Waals surface area contributed by atoms with E-state index in [2.05, 4.69) is 10.6 Å². The Balaban J connectivity index is 2.46. The molecule has 0 saturated carbocycles. The van der Waals surface area contributed by atoms with Crippen LogP contribution in [0.25, 0.3) is 0 Å². The van der Waals surface area contributed by atoms with Crippen molar-refractivity contribution in [3.8, 4) is 0 Å². The number of aliphatic carboxylic acids is 1. The molecule has 6 nitrogen and oxygen atoms in total. The number of carboxylic acid groups (broad SMARTS) is 1. The lowest BCUT2D eigenvalue weighted by molar-refractivity contribution is -0.139. The van der Waals surface area contributed by atoms with Gasteiger partial charge in [0.25, 0.3) is 0 Å². The summed E-state index contributed by atoms with van der Waals surface area (Å²) >= 11 is 0. The average Bonchev–Trinajstić information content (AvgIpc) is 2.38. The summed E-state index contributed by atoms with van der Waals surface area (Å²) in [6.07, 6.45) is -0.696. The number of ether oxygens (including phenoxy) is 1. The predicted octanol–water partition coefficient (Wildman–Crippen LogP) is 1.91. The van der Waals surface area contributed by atoms with Gasteiger partial charge < -0.3 is 20.5 Å². The summed E-state index contributed by atoms with van der Waals surface area (Å²) in [5, 5.41) is 13.9. The van der Waals surface area contributed by atoms with Crippen molar-refractivity contribution in [1.82, 2.24) is 5.32 Å². The van der Waals surface area contributed by atoms with E-state index in [-0.39, 0.29) is 19.0 Å². The highest BCUT2D eigenvalue weighted by Crippen LogP contribution is 2.13. The molecule has 2 amide bonds. The summed E-state index contributed by atoms with van der Waals surface area (Å²) in [5.41, 5.74) is 2.93. The molecule has 0 aromatic heterocycles. The molecule has 6 heteroatoms. The smallest absolute Gasteiger partial charge is 0.319 e. The van der Waals surface area contributed by atoms with Crippen LogP contribution >= 0.6 is 0 Å². The van der Waals surface area contributed by atoms with Crippen molar-refractivity contribution in [2.75, 3.05) is 19.0 Å². The lowest BCUT2D eigenvalue weighted by atomic mass is 10.1. The number of hydrogen-bond acceptors (Lipinski definition) is 3. The van der Waals surface area contributed by atoms with Crippen LogP contribution in [0.2, 0.25) is 0 Å².